The molecule has 40 heavy (non-hydrogen) atoms. The molecule has 5 rings (SSSR count). The van der Waals surface area contributed by atoms with Crippen molar-refractivity contribution in [2.24, 2.45) is 0 Å². The van der Waals surface area contributed by atoms with Gasteiger partial charge in [-0.05, 0) is 60.9 Å². The molecule has 10 heteroatoms. The topological polar surface area (TPSA) is 86.6 Å². The predicted molar refractivity (Wildman–Crippen MR) is 157 cm³/mol. The first-order valence-electron chi connectivity index (χ1n) is 12.5. The second-order valence-corrected chi connectivity index (χ2v) is 11.9. The molecule has 2 heterocycles. The molecule has 204 valence electrons. The summed E-state index contributed by atoms with van der Waals surface area (Å²) in [4.78, 5) is 30.3. The van der Waals surface area contributed by atoms with Gasteiger partial charge in [-0.15, -0.1) is 10.2 Å². The van der Waals surface area contributed by atoms with Crippen molar-refractivity contribution >= 4 is 51.4 Å². The number of halogens is 1. The summed E-state index contributed by atoms with van der Waals surface area (Å²) in [5.41, 5.74) is 4.73. The van der Waals surface area contributed by atoms with Gasteiger partial charge in [0.1, 0.15) is 11.6 Å². The molecule has 1 amide bonds. The second kappa shape index (κ2) is 11.2. The Morgan fingerprint density at radius 3 is 2.40 bits per heavy atom. The van der Waals surface area contributed by atoms with E-state index in [9.17, 15) is 19.1 Å². The Bertz CT molecular complexity index is 1610. The molecule has 4 aromatic rings. The molecule has 1 saturated heterocycles. The lowest BCUT2D eigenvalue weighted by atomic mass is 9.93. The van der Waals surface area contributed by atoms with Crippen LogP contribution < -0.4 is 9.80 Å². The molecule has 1 N–H and O–H groups in total. The van der Waals surface area contributed by atoms with Crippen molar-refractivity contribution in [2.75, 3.05) is 23.9 Å². The molecule has 1 aliphatic heterocycles. The average molecular weight is 575 g/mol. The van der Waals surface area contributed by atoms with Crippen LogP contribution in [0.25, 0.3) is 5.76 Å². The standard InChI is InChI=1S/C30H27FN4O3S2/c1-17-5-6-18(2)23(15-17)26(36)24-25(20-9-13-22(14-10-20)34(3)4)35(28(38)27(24)37)29-32-33-30(40-29)39-16-19-7-11-21(31)12-8-19/h5-15,25,36H,16H2,1-4H3/b26-24+. The van der Waals surface area contributed by atoms with Crippen LogP contribution in [0.15, 0.2) is 76.6 Å². The van der Waals surface area contributed by atoms with Gasteiger partial charge in [0.15, 0.2) is 4.34 Å². The maximum atomic E-state index is 13.5. The van der Waals surface area contributed by atoms with Gasteiger partial charge < -0.3 is 10.0 Å². The van der Waals surface area contributed by atoms with Crippen LogP contribution in [0, 0.1) is 19.7 Å². The van der Waals surface area contributed by atoms with E-state index in [4.69, 9.17) is 0 Å². The number of aromatic nitrogens is 2. The number of carbonyl (C=O) groups excluding carboxylic acids is 2. The lowest BCUT2D eigenvalue weighted by Gasteiger charge is -2.23. The van der Waals surface area contributed by atoms with Crippen LogP contribution >= 0.6 is 23.1 Å². The van der Waals surface area contributed by atoms with Gasteiger partial charge in [0.25, 0.3) is 5.78 Å². The number of aliphatic hydroxyl groups excluding tert-OH is 1. The number of Topliss-reactive ketones (excluding diaryl/α,β-unsaturated/α-hetero) is 1. The van der Waals surface area contributed by atoms with Crippen LogP contribution in [-0.2, 0) is 15.3 Å². The Morgan fingerprint density at radius 1 is 1.02 bits per heavy atom. The number of ketones is 1. The van der Waals surface area contributed by atoms with Gasteiger partial charge in [0, 0.05) is 31.1 Å². The van der Waals surface area contributed by atoms with Crippen molar-refractivity contribution in [1.82, 2.24) is 10.2 Å². The van der Waals surface area contributed by atoms with E-state index in [2.05, 4.69) is 10.2 Å². The number of amides is 1. The van der Waals surface area contributed by atoms with Gasteiger partial charge in [-0.1, -0.05) is 65.1 Å². The summed E-state index contributed by atoms with van der Waals surface area (Å²) in [6.07, 6.45) is 0. The molecule has 0 saturated carbocycles. The Hall–Kier alpha value is -4.02. The zero-order chi connectivity index (χ0) is 28.6. The highest BCUT2D eigenvalue weighted by molar-refractivity contribution is 8.00. The summed E-state index contributed by atoms with van der Waals surface area (Å²) in [5.74, 6) is -1.55. The fourth-order valence-electron chi connectivity index (χ4n) is 4.52. The minimum atomic E-state index is -0.890. The number of benzene rings is 3. The van der Waals surface area contributed by atoms with E-state index in [-0.39, 0.29) is 22.3 Å². The number of anilines is 2. The molecular formula is C30H27FN4O3S2. The Morgan fingerprint density at radius 2 is 1.73 bits per heavy atom. The first-order chi connectivity index (χ1) is 19.1. The number of hydrogen-bond donors (Lipinski definition) is 1. The summed E-state index contributed by atoms with van der Waals surface area (Å²) in [6, 6.07) is 18.4. The molecule has 1 aromatic heterocycles. The van der Waals surface area contributed by atoms with Crippen molar-refractivity contribution in [1.29, 1.82) is 0 Å². The van der Waals surface area contributed by atoms with E-state index >= 15 is 0 Å². The smallest absolute Gasteiger partial charge is 0.301 e. The first kappa shape index (κ1) is 27.5. The summed E-state index contributed by atoms with van der Waals surface area (Å²) in [6.45, 7) is 3.75. The maximum absolute atomic E-state index is 13.5. The van der Waals surface area contributed by atoms with Crippen LogP contribution in [0.4, 0.5) is 15.2 Å². The number of aryl methyl sites for hydroxylation is 2. The van der Waals surface area contributed by atoms with Crippen molar-refractivity contribution < 1.29 is 19.1 Å². The van der Waals surface area contributed by atoms with Crippen molar-refractivity contribution in [3.8, 4) is 0 Å². The number of rotatable bonds is 7. The van der Waals surface area contributed by atoms with E-state index in [0.717, 1.165) is 22.4 Å². The van der Waals surface area contributed by atoms with Crippen LogP contribution in [0.2, 0.25) is 0 Å². The fraction of sp³-hybridized carbons (Fsp3) is 0.200. The maximum Gasteiger partial charge on any atom is 0.301 e. The zero-order valence-electron chi connectivity index (χ0n) is 22.4. The quantitative estimate of drug-likeness (QED) is 0.0914. The minimum Gasteiger partial charge on any atom is -0.507 e. The van der Waals surface area contributed by atoms with E-state index in [0.29, 0.717) is 21.2 Å². The van der Waals surface area contributed by atoms with Gasteiger partial charge in [0.2, 0.25) is 5.13 Å². The third-order valence-corrected chi connectivity index (χ3v) is 8.82. The normalized spacial score (nSPS) is 16.5. The Balaban J connectivity index is 1.56. The molecule has 1 atom stereocenters. The third kappa shape index (κ3) is 5.37. The summed E-state index contributed by atoms with van der Waals surface area (Å²) < 4.78 is 13.8. The average Bonchev–Trinajstić information content (AvgIpc) is 3.51. The van der Waals surface area contributed by atoms with Crippen LogP contribution in [0.1, 0.15) is 33.9 Å². The molecule has 0 radical (unpaired) electrons. The highest BCUT2D eigenvalue weighted by atomic mass is 32.2. The van der Waals surface area contributed by atoms with Gasteiger partial charge in [-0.25, -0.2) is 4.39 Å². The van der Waals surface area contributed by atoms with E-state index in [1.807, 2.05) is 69.2 Å². The first-order valence-corrected chi connectivity index (χ1v) is 14.3. The molecular weight excluding hydrogens is 547 g/mol. The van der Waals surface area contributed by atoms with Crippen molar-refractivity contribution in [2.45, 2.75) is 30.0 Å². The molecule has 0 spiro atoms. The Kier molecular flexibility index (Phi) is 7.73. The fourth-order valence-corrected chi connectivity index (χ4v) is 6.34. The lowest BCUT2D eigenvalue weighted by Crippen LogP contribution is -2.29. The van der Waals surface area contributed by atoms with Gasteiger partial charge >= 0.3 is 5.91 Å². The Labute approximate surface area is 240 Å². The van der Waals surface area contributed by atoms with E-state index in [1.165, 1.54) is 40.1 Å². The predicted octanol–water partition coefficient (Wildman–Crippen LogP) is 6.28. The number of hydrogen-bond acceptors (Lipinski definition) is 8. The van der Waals surface area contributed by atoms with Crippen molar-refractivity contribution in [3.63, 3.8) is 0 Å². The second-order valence-electron chi connectivity index (χ2n) is 9.74. The van der Waals surface area contributed by atoms with Crippen LogP contribution in [0.3, 0.4) is 0 Å². The van der Waals surface area contributed by atoms with Crippen LogP contribution in [0.5, 0.6) is 0 Å². The monoisotopic (exact) mass is 574 g/mol. The third-order valence-electron chi connectivity index (χ3n) is 6.70. The van der Waals surface area contributed by atoms with Gasteiger partial charge in [0.05, 0.1) is 11.6 Å². The van der Waals surface area contributed by atoms with Gasteiger partial charge in [-0.2, -0.15) is 0 Å². The molecule has 1 unspecified atom stereocenters. The molecule has 1 aliphatic rings. The number of carbonyl (C=O) groups is 2. The minimum absolute atomic E-state index is 0.00650. The summed E-state index contributed by atoms with van der Waals surface area (Å²) in [5, 5.41) is 20.2. The van der Waals surface area contributed by atoms with E-state index < -0.39 is 17.7 Å². The number of aliphatic hydroxyl groups is 1. The lowest BCUT2D eigenvalue weighted by molar-refractivity contribution is -0.132. The van der Waals surface area contributed by atoms with E-state index in [1.54, 1.807) is 18.2 Å². The van der Waals surface area contributed by atoms with Gasteiger partial charge in [-0.3, -0.25) is 14.5 Å². The highest BCUT2D eigenvalue weighted by Gasteiger charge is 2.48. The largest absolute Gasteiger partial charge is 0.507 e. The zero-order valence-corrected chi connectivity index (χ0v) is 24.0. The molecule has 0 bridgehead atoms. The molecule has 0 aliphatic carbocycles. The van der Waals surface area contributed by atoms with Crippen LogP contribution in [-0.4, -0.2) is 41.1 Å². The number of nitrogens with zero attached hydrogens (tertiary/aromatic N) is 4. The highest BCUT2D eigenvalue weighted by Crippen LogP contribution is 2.44. The van der Waals surface area contributed by atoms with Crippen molar-refractivity contribution in [3.05, 3.63) is 106 Å². The SMILES string of the molecule is Cc1ccc(C)c(/C(O)=C2\C(=O)C(=O)N(c3nnc(SCc4ccc(F)cc4)s3)C2c2ccc(N(C)C)cc2)c1. The molecule has 7 nitrogen and oxygen atoms in total. The molecule has 1 fully saturated rings. The summed E-state index contributed by atoms with van der Waals surface area (Å²) >= 11 is 2.59. The number of thioether (sulfide) groups is 1. The molecule has 3 aromatic carbocycles. The summed E-state index contributed by atoms with van der Waals surface area (Å²) in [7, 11) is 3.85.